The van der Waals surface area contributed by atoms with E-state index in [2.05, 4.69) is 29.1 Å². The van der Waals surface area contributed by atoms with Crippen LogP contribution in [-0.2, 0) is 28.6 Å². The maximum Gasteiger partial charge on any atom is 0.407 e. The van der Waals surface area contributed by atoms with E-state index in [0.29, 0.717) is 0 Å². The average molecular weight is 435 g/mol. The molecule has 2 heterocycles. The molecule has 2 fully saturated rings. The maximum absolute atomic E-state index is 12.7. The minimum Gasteiger partial charge on any atom is -0.444 e. The highest BCUT2D eigenvalue weighted by Gasteiger charge is 2.37. The van der Waals surface area contributed by atoms with E-state index in [4.69, 9.17) is 14.2 Å². The van der Waals surface area contributed by atoms with Crippen LogP contribution in [0.2, 0.25) is 0 Å². The summed E-state index contributed by atoms with van der Waals surface area (Å²) >= 11 is 0. The first-order valence-electron chi connectivity index (χ1n) is 10.0. The van der Waals surface area contributed by atoms with Crippen molar-refractivity contribution in [1.29, 1.82) is 0 Å². The summed E-state index contributed by atoms with van der Waals surface area (Å²) in [6.07, 6.45) is -0.113. The lowest BCUT2D eigenvalue weighted by molar-refractivity contribution is -0.147. The van der Waals surface area contributed by atoms with Crippen LogP contribution < -0.4 is 10.6 Å². The normalized spacial score (nSPS) is 22.2. The quantitative estimate of drug-likeness (QED) is 0.276. The summed E-state index contributed by atoms with van der Waals surface area (Å²) in [5.41, 5.74) is -0.341. The van der Waals surface area contributed by atoms with Gasteiger partial charge in [0, 0.05) is 18.5 Å². The van der Waals surface area contributed by atoms with E-state index in [9.17, 15) is 19.2 Å². The number of hydrogen-bond donors (Lipinski definition) is 2. The Labute approximate surface area is 181 Å². The third-order valence-corrected chi connectivity index (χ3v) is 4.42. The van der Waals surface area contributed by atoms with Crippen LogP contribution in [0, 0.1) is 17.8 Å². The zero-order valence-electron chi connectivity index (χ0n) is 18.1. The van der Waals surface area contributed by atoms with E-state index < -0.39 is 35.5 Å². The van der Waals surface area contributed by atoms with Crippen molar-refractivity contribution in [3.63, 3.8) is 0 Å². The largest absolute Gasteiger partial charge is 0.444 e. The first-order chi connectivity index (χ1) is 14.6. The van der Waals surface area contributed by atoms with Gasteiger partial charge in [-0.3, -0.25) is 19.7 Å². The number of hydrogen-bond acceptors (Lipinski definition) is 7. The number of rotatable bonds is 5. The van der Waals surface area contributed by atoms with E-state index >= 15 is 0 Å². The molecule has 0 aliphatic carbocycles. The van der Waals surface area contributed by atoms with Crippen LogP contribution in [0.15, 0.2) is 12.2 Å². The van der Waals surface area contributed by atoms with Crippen molar-refractivity contribution in [2.24, 2.45) is 5.92 Å². The van der Waals surface area contributed by atoms with Gasteiger partial charge >= 0.3 is 6.09 Å². The SMILES string of the molecule is C=C1C(=O)N(C2CCC(=O)NC2=O)COCC1C#CCOCCNC(=O)OC(C)(C)C. The number of amides is 4. The Morgan fingerprint density at radius 1 is 1.35 bits per heavy atom. The number of ether oxygens (including phenoxy) is 3. The highest BCUT2D eigenvalue weighted by Crippen LogP contribution is 2.22. The van der Waals surface area contributed by atoms with Crippen LogP contribution >= 0.6 is 0 Å². The van der Waals surface area contributed by atoms with E-state index in [1.807, 2.05) is 0 Å². The number of nitrogens with one attached hydrogen (secondary N) is 2. The standard InChI is InChI=1S/C21H29N3O7/c1-14-15(6-5-10-29-11-9-22-20(28)31-21(2,3)4)12-30-13-24(19(14)27)16-7-8-17(25)23-18(16)26/h15-16H,1,7-13H2,2-4H3,(H,22,28)(H,23,25,26). The first kappa shape index (κ1) is 24.4. The van der Waals surface area contributed by atoms with E-state index in [0.717, 1.165) is 0 Å². The lowest BCUT2D eigenvalue weighted by Gasteiger charge is -2.31. The van der Waals surface area contributed by atoms with Gasteiger partial charge < -0.3 is 24.4 Å². The Hall–Kier alpha value is -2.90. The van der Waals surface area contributed by atoms with Crippen molar-refractivity contribution in [1.82, 2.24) is 15.5 Å². The van der Waals surface area contributed by atoms with Gasteiger partial charge in [0.15, 0.2) is 0 Å². The van der Waals surface area contributed by atoms with E-state index in [1.165, 1.54) is 4.90 Å². The molecule has 2 saturated heterocycles. The molecule has 2 unspecified atom stereocenters. The van der Waals surface area contributed by atoms with Gasteiger partial charge in [0.2, 0.25) is 11.8 Å². The van der Waals surface area contributed by atoms with Gasteiger partial charge in [-0.2, -0.15) is 0 Å². The van der Waals surface area contributed by atoms with Crippen LogP contribution in [-0.4, -0.2) is 73.5 Å². The molecule has 10 nitrogen and oxygen atoms in total. The second-order valence-corrected chi connectivity index (χ2v) is 8.12. The maximum atomic E-state index is 12.7. The van der Waals surface area contributed by atoms with Crippen molar-refractivity contribution < 1.29 is 33.4 Å². The highest BCUT2D eigenvalue weighted by atomic mass is 16.6. The monoisotopic (exact) mass is 435 g/mol. The zero-order chi connectivity index (χ0) is 23.0. The molecule has 10 heteroatoms. The molecule has 2 N–H and O–H groups in total. The number of carbonyl (C=O) groups is 4. The van der Waals surface area contributed by atoms with Gasteiger partial charge in [0.25, 0.3) is 5.91 Å². The predicted octanol–water partition coefficient (Wildman–Crippen LogP) is 0.325. The van der Waals surface area contributed by atoms with E-state index in [-0.39, 0.29) is 57.4 Å². The molecule has 0 aromatic heterocycles. The van der Waals surface area contributed by atoms with Gasteiger partial charge in [-0.05, 0) is 27.2 Å². The van der Waals surface area contributed by atoms with Crippen LogP contribution in [0.3, 0.4) is 0 Å². The molecule has 0 saturated carbocycles. The van der Waals surface area contributed by atoms with Gasteiger partial charge in [-0.1, -0.05) is 18.4 Å². The molecule has 4 amide bonds. The molecule has 0 spiro atoms. The summed E-state index contributed by atoms with van der Waals surface area (Å²) in [5.74, 6) is 3.89. The Morgan fingerprint density at radius 2 is 2.10 bits per heavy atom. The second kappa shape index (κ2) is 10.9. The van der Waals surface area contributed by atoms with Gasteiger partial charge in [-0.15, -0.1) is 0 Å². The fourth-order valence-electron chi connectivity index (χ4n) is 2.93. The molecule has 2 rings (SSSR count). The fourth-order valence-corrected chi connectivity index (χ4v) is 2.93. The topological polar surface area (TPSA) is 123 Å². The van der Waals surface area contributed by atoms with Crippen molar-refractivity contribution in [2.75, 3.05) is 33.1 Å². The third kappa shape index (κ3) is 7.70. The molecular formula is C21H29N3O7. The van der Waals surface area contributed by atoms with Crippen molar-refractivity contribution >= 4 is 23.8 Å². The predicted molar refractivity (Wildman–Crippen MR) is 109 cm³/mol. The summed E-state index contributed by atoms with van der Waals surface area (Å²) in [7, 11) is 0. The van der Waals surface area contributed by atoms with Crippen LogP contribution in [0.25, 0.3) is 0 Å². The number of alkyl carbamates (subject to hydrolysis) is 1. The molecule has 2 aliphatic rings. The van der Waals surface area contributed by atoms with Gasteiger partial charge in [0.1, 0.15) is 25.0 Å². The van der Waals surface area contributed by atoms with Crippen LogP contribution in [0.4, 0.5) is 4.79 Å². The van der Waals surface area contributed by atoms with Crippen molar-refractivity contribution in [3.8, 4) is 11.8 Å². The molecule has 170 valence electrons. The molecule has 0 radical (unpaired) electrons. The van der Waals surface area contributed by atoms with Crippen LogP contribution in [0.1, 0.15) is 33.6 Å². The van der Waals surface area contributed by atoms with E-state index in [1.54, 1.807) is 20.8 Å². The van der Waals surface area contributed by atoms with Gasteiger partial charge in [-0.25, -0.2) is 4.79 Å². The molecule has 0 bridgehead atoms. The summed E-state index contributed by atoms with van der Waals surface area (Å²) in [6, 6.07) is -0.769. The van der Waals surface area contributed by atoms with Crippen molar-refractivity contribution in [3.05, 3.63) is 12.2 Å². The van der Waals surface area contributed by atoms with Gasteiger partial charge in [0.05, 0.1) is 19.1 Å². The number of carbonyl (C=O) groups excluding carboxylic acids is 4. The Morgan fingerprint density at radius 3 is 2.77 bits per heavy atom. The third-order valence-electron chi connectivity index (χ3n) is 4.42. The Balaban J connectivity index is 1.77. The molecule has 0 aromatic carbocycles. The molecule has 2 aliphatic heterocycles. The smallest absolute Gasteiger partial charge is 0.407 e. The van der Waals surface area contributed by atoms with Crippen LogP contribution in [0.5, 0.6) is 0 Å². The second-order valence-electron chi connectivity index (χ2n) is 8.12. The zero-order valence-corrected chi connectivity index (χ0v) is 18.1. The lowest BCUT2D eigenvalue weighted by atomic mass is 9.99. The van der Waals surface area contributed by atoms with Crippen molar-refractivity contribution in [2.45, 2.75) is 45.3 Å². The summed E-state index contributed by atoms with van der Waals surface area (Å²) < 4.78 is 16.0. The fraction of sp³-hybridized carbons (Fsp3) is 0.619. The average Bonchev–Trinajstić information content (AvgIpc) is 2.79. The Bertz CT molecular complexity index is 791. The molecule has 0 aromatic rings. The molecule has 2 atom stereocenters. The first-order valence-corrected chi connectivity index (χ1v) is 10.0. The number of nitrogens with zero attached hydrogens (tertiary/aromatic N) is 1. The molecular weight excluding hydrogens is 406 g/mol. The minimum atomic E-state index is -0.769. The highest BCUT2D eigenvalue weighted by molar-refractivity contribution is 6.03. The summed E-state index contributed by atoms with van der Waals surface area (Å²) in [6.45, 7) is 9.86. The number of piperidine rings is 1. The number of imide groups is 1. The Kier molecular flexibility index (Phi) is 8.59. The summed E-state index contributed by atoms with van der Waals surface area (Å²) in [4.78, 5) is 48.9. The lowest BCUT2D eigenvalue weighted by Crippen LogP contribution is -2.54. The summed E-state index contributed by atoms with van der Waals surface area (Å²) in [5, 5.41) is 4.81. The molecule has 31 heavy (non-hydrogen) atoms. The minimum absolute atomic E-state index is 0.0743.